The number of nitrogens with zero attached hydrogens (tertiary/aromatic N) is 1. The standard InChI is InChI=1S/C12H24N4O6/c17-7-13-10(20)1-4-16(5-2-11(21)14-8-18)6-3-12(22)15-9-19/h17-19H,1-9H2,(H,13,20)(H,14,21)(H,15,22). The maximum absolute atomic E-state index is 11.3. The van der Waals surface area contributed by atoms with Crippen LogP contribution in [0.15, 0.2) is 0 Å². The van der Waals surface area contributed by atoms with Crippen LogP contribution < -0.4 is 16.0 Å². The molecule has 0 aliphatic rings. The summed E-state index contributed by atoms with van der Waals surface area (Å²) in [4.78, 5) is 35.7. The molecule has 3 amide bonds. The van der Waals surface area contributed by atoms with Gasteiger partial charge < -0.3 is 36.2 Å². The molecule has 0 saturated heterocycles. The monoisotopic (exact) mass is 320 g/mol. The SMILES string of the molecule is O=C(CCN(CCC(=O)NCO)CCC(=O)NCO)NCO. The lowest BCUT2D eigenvalue weighted by Gasteiger charge is -2.21. The van der Waals surface area contributed by atoms with Crippen LogP contribution in [0.25, 0.3) is 0 Å². The third-order valence-electron chi connectivity index (χ3n) is 2.79. The summed E-state index contributed by atoms with van der Waals surface area (Å²) in [6, 6.07) is 0. The molecule has 0 aromatic carbocycles. The Hall–Kier alpha value is -1.75. The zero-order valence-electron chi connectivity index (χ0n) is 12.4. The Bertz CT molecular complexity index is 300. The molecule has 0 aromatic heterocycles. The Morgan fingerprint density at radius 1 is 0.636 bits per heavy atom. The molecule has 0 aliphatic carbocycles. The van der Waals surface area contributed by atoms with Gasteiger partial charge in [0.15, 0.2) is 0 Å². The summed E-state index contributed by atoms with van der Waals surface area (Å²) >= 11 is 0. The summed E-state index contributed by atoms with van der Waals surface area (Å²) in [7, 11) is 0. The van der Waals surface area contributed by atoms with E-state index in [1.165, 1.54) is 0 Å². The van der Waals surface area contributed by atoms with Gasteiger partial charge in [-0.05, 0) is 0 Å². The van der Waals surface area contributed by atoms with Crippen LogP contribution in [-0.2, 0) is 14.4 Å². The minimum atomic E-state index is -0.448. The number of nitrogens with one attached hydrogen (secondary N) is 3. The highest BCUT2D eigenvalue weighted by Gasteiger charge is 2.12. The molecule has 6 N–H and O–H groups in total. The predicted molar refractivity (Wildman–Crippen MR) is 76.0 cm³/mol. The topological polar surface area (TPSA) is 151 Å². The van der Waals surface area contributed by atoms with E-state index in [1.807, 2.05) is 0 Å². The average molecular weight is 320 g/mol. The number of aliphatic hydroxyl groups is 3. The summed E-state index contributed by atoms with van der Waals surface area (Å²) in [6.07, 6.45) is 0.345. The molecule has 0 radical (unpaired) electrons. The maximum Gasteiger partial charge on any atom is 0.223 e. The lowest BCUT2D eigenvalue weighted by atomic mass is 10.2. The summed E-state index contributed by atoms with van der Waals surface area (Å²) in [5, 5.41) is 32.4. The van der Waals surface area contributed by atoms with Crippen LogP contribution in [0, 0.1) is 0 Å². The maximum atomic E-state index is 11.3. The molecule has 10 heteroatoms. The first-order chi connectivity index (χ1) is 10.5. The van der Waals surface area contributed by atoms with Crippen LogP contribution in [-0.4, -0.2) is 77.8 Å². The van der Waals surface area contributed by atoms with Gasteiger partial charge in [0.05, 0.1) is 0 Å². The van der Waals surface area contributed by atoms with Crippen molar-refractivity contribution in [3.05, 3.63) is 0 Å². The lowest BCUT2D eigenvalue weighted by Crippen LogP contribution is -2.37. The molecule has 0 aromatic rings. The van der Waals surface area contributed by atoms with Gasteiger partial charge in [-0.2, -0.15) is 0 Å². The molecule has 22 heavy (non-hydrogen) atoms. The van der Waals surface area contributed by atoms with Crippen molar-refractivity contribution in [3.8, 4) is 0 Å². The predicted octanol–water partition coefficient (Wildman–Crippen LogP) is -3.34. The molecule has 10 nitrogen and oxygen atoms in total. The van der Waals surface area contributed by atoms with Gasteiger partial charge >= 0.3 is 0 Å². The van der Waals surface area contributed by atoms with Gasteiger partial charge in [0.1, 0.15) is 20.2 Å². The van der Waals surface area contributed by atoms with Gasteiger partial charge in [-0.1, -0.05) is 0 Å². The number of carbonyl (C=O) groups is 3. The Morgan fingerprint density at radius 2 is 0.909 bits per heavy atom. The minimum Gasteiger partial charge on any atom is -0.377 e. The third-order valence-corrected chi connectivity index (χ3v) is 2.79. The van der Waals surface area contributed by atoms with Gasteiger partial charge in [0, 0.05) is 38.9 Å². The van der Waals surface area contributed by atoms with E-state index in [1.54, 1.807) is 4.90 Å². The molecular weight excluding hydrogens is 296 g/mol. The van der Waals surface area contributed by atoms with E-state index >= 15 is 0 Å². The van der Waals surface area contributed by atoms with E-state index in [9.17, 15) is 14.4 Å². The van der Waals surface area contributed by atoms with E-state index < -0.39 is 20.2 Å². The van der Waals surface area contributed by atoms with Crippen molar-refractivity contribution in [2.24, 2.45) is 0 Å². The van der Waals surface area contributed by atoms with Gasteiger partial charge in [-0.25, -0.2) is 0 Å². The van der Waals surface area contributed by atoms with Crippen molar-refractivity contribution in [1.29, 1.82) is 0 Å². The van der Waals surface area contributed by atoms with Crippen LogP contribution in [0.4, 0.5) is 0 Å². The molecule has 0 heterocycles. The second kappa shape index (κ2) is 13.0. The summed E-state index contributed by atoms with van der Waals surface area (Å²) in [6.45, 7) is -0.413. The highest BCUT2D eigenvalue weighted by Crippen LogP contribution is 1.98. The first-order valence-corrected chi connectivity index (χ1v) is 6.88. The van der Waals surface area contributed by atoms with Crippen molar-refractivity contribution in [2.75, 3.05) is 39.8 Å². The molecule has 0 bridgehead atoms. The summed E-state index contributed by atoms with van der Waals surface area (Å²) in [5.41, 5.74) is 0. The molecule has 0 aliphatic heterocycles. The first kappa shape index (κ1) is 20.2. The van der Waals surface area contributed by atoms with Crippen molar-refractivity contribution in [2.45, 2.75) is 19.3 Å². The zero-order chi connectivity index (χ0) is 16.8. The highest BCUT2D eigenvalue weighted by molar-refractivity contribution is 5.77. The molecule has 0 spiro atoms. The normalized spacial score (nSPS) is 10.4. The Kier molecular flexibility index (Phi) is 11.9. The fourth-order valence-corrected chi connectivity index (χ4v) is 1.64. The molecule has 0 unspecified atom stereocenters. The quantitative estimate of drug-likeness (QED) is 0.206. The largest absolute Gasteiger partial charge is 0.377 e. The van der Waals surface area contributed by atoms with Crippen molar-refractivity contribution in [3.63, 3.8) is 0 Å². The first-order valence-electron chi connectivity index (χ1n) is 6.88. The van der Waals surface area contributed by atoms with Crippen molar-refractivity contribution >= 4 is 17.7 Å². The van der Waals surface area contributed by atoms with E-state index in [-0.39, 0.29) is 37.0 Å². The number of hydrogen-bond acceptors (Lipinski definition) is 7. The second-order valence-electron chi connectivity index (χ2n) is 4.37. The van der Waals surface area contributed by atoms with E-state index in [2.05, 4.69) is 16.0 Å². The smallest absolute Gasteiger partial charge is 0.223 e. The lowest BCUT2D eigenvalue weighted by molar-refractivity contribution is -0.122. The molecule has 0 atom stereocenters. The van der Waals surface area contributed by atoms with Crippen LogP contribution in [0.3, 0.4) is 0 Å². The van der Waals surface area contributed by atoms with E-state index in [4.69, 9.17) is 15.3 Å². The Labute approximate surface area is 128 Å². The summed E-state index contributed by atoms with van der Waals surface area (Å²) < 4.78 is 0. The minimum absolute atomic E-state index is 0.115. The fourth-order valence-electron chi connectivity index (χ4n) is 1.64. The zero-order valence-corrected chi connectivity index (χ0v) is 12.4. The number of hydrogen-bond donors (Lipinski definition) is 6. The van der Waals surface area contributed by atoms with Gasteiger partial charge in [0.2, 0.25) is 17.7 Å². The van der Waals surface area contributed by atoms with Crippen LogP contribution in [0.5, 0.6) is 0 Å². The average Bonchev–Trinajstić information content (AvgIpc) is 2.47. The van der Waals surface area contributed by atoms with Crippen molar-refractivity contribution < 1.29 is 29.7 Å². The third kappa shape index (κ3) is 11.0. The molecule has 0 rings (SSSR count). The van der Waals surface area contributed by atoms with Gasteiger partial charge in [0.25, 0.3) is 0 Å². The van der Waals surface area contributed by atoms with E-state index in [0.29, 0.717) is 19.6 Å². The van der Waals surface area contributed by atoms with E-state index in [0.717, 1.165) is 0 Å². The molecule has 0 fully saturated rings. The number of aliphatic hydroxyl groups excluding tert-OH is 3. The summed E-state index contributed by atoms with van der Waals surface area (Å²) in [5.74, 6) is -1.02. The second-order valence-corrected chi connectivity index (χ2v) is 4.37. The number of rotatable bonds is 12. The molecular formula is C12H24N4O6. The Morgan fingerprint density at radius 3 is 1.14 bits per heavy atom. The Balaban J connectivity index is 4.26. The number of carbonyl (C=O) groups excluding carboxylic acids is 3. The van der Waals surface area contributed by atoms with Gasteiger partial charge in [-0.15, -0.1) is 0 Å². The highest BCUT2D eigenvalue weighted by atomic mass is 16.3. The van der Waals surface area contributed by atoms with Crippen molar-refractivity contribution in [1.82, 2.24) is 20.9 Å². The molecule has 128 valence electrons. The number of amides is 3. The molecule has 0 saturated carbocycles. The van der Waals surface area contributed by atoms with Crippen LogP contribution >= 0.6 is 0 Å². The van der Waals surface area contributed by atoms with Gasteiger partial charge in [-0.3, -0.25) is 14.4 Å². The van der Waals surface area contributed by atoms with Crippen LogP contribution in [0.1, 0.15) is 19.3 Å². The fraction of sp³-hybridized carbons (Fsp3) is 0.750. The van der Waals surface area contributed by atoms with Crippen LogP contribution in [0.2, 0.25) is 0 Å².